The lowest BCUT2D eigenvalue weighted by Gasteiger charge is -2.06. The summed E-state index contributed by atoms with van der Waals surface area (Å²) in [5.41, 5.74) is 1.27. The van der Waals surface area contributed by atoms with Crippen LogP contribution in [-0.2, 0) is 4.74 Å². The number of ether oxygens (including phenoxy) is 1. The van der Waals surface area contributed by atoms with Gasteiger partial charge in [-0.15, -0.1) is 23.5 Å². The maximum Gasteiger partial charge on any atom is 0.258 e. The SMILES string of the molecule is [O-][N+]1=Nc2ccccc2SCCOCCSc2ccccc21. The molecule has 1 heterocycles. The van der Waals surface area contributed by atoms with Crippen LogP contribution in [0, 0.1) is 5.21 Å². The molecule has 2 aromatic carbocycles. The Balaban J connectivity index is 2.01. The maximum absolute atomic E-state index is 12.5. The fourth-order valence-corrected chi connectivity index (χ4v) is 3.82. The minimum absolute atomic E-state index is 0.576. The van der Waals surface area contributed by atoms with Crippen LogP contribution in [0.2, 0.25) is 0 Å². The van der Waals surface area contributed by atoms with Crippen LogP contribution in [0.15, 0.2) is 63.4 Å². The summed E-state index contributed by atoms with van der Waals surface area (Å²) in [5, 5.41) is 16.7. The molecule has 0 fully saturated rings. The summed E-state index contributed by atoms with van der Waals surface area (Å²) in [5.74, 6) is 1.67. The van der Waals surface area contributed by atoms with Crippen molar-refractivity contribution in [3.8, 4) is 0 Å². The Bertz CT molecular complexity index is 677. The average molecular weight is 332 g/mol. The van der Waals surface area contributed by atoms with E-state index in [4.69, 9.17) is 4.74 Å². The number of hydrogen-bond donors (Lipinski definition) is 0. The molecule has 0 unspecified atom stereocenters. The van der Waals surface area contributed by atoms with E-state index in [-0.39, 0.29) is 0 Å². The van der Waals surface area contributed by atoms with Crippen LogP contribution in [0.25, 0.3) is 0 Å². The smallest absolute Gasteiger partial charge is 0.258 e. The van der Waals surface area contributed by atoms with Crippen molar-refractivity contribution in [1.29, 1.82) is 0 Å². The van der Waals surface area contributed by atoms with Crippen LogP contribution in [0.5, 0.6) is 0 Å². The monoisotopic (exact) mass is 332 g/mol. The van der Waals surface area contributed by atoms with Crippen LogP contribution in [0.4, 0.5) is 11.4 Å². The molecular weight excluding hydrogens is 316 g/mol. The molecule has 6 heteroatoms. The molecule has 0 saturated heterocycles. The maximum atomic E-state index is 12.5. The van der Waals surface area contributed by atoms with E-state index in [9.17, 15) is 5.21 Å². The molecule has 2 aromatic rings. The number of hydrogen-bond acceptors (Lipinski definition) is 5. The fourth-order valence-electron chi connectivity index (χ4n) is 2.07. The Morgan fingerprint density at radius 2 is 1.55 bits per heavy atom. The van der Waals surface area contributed by atoms with Gasteiger partial charge < -0.3 is 9.94 Å². The topological polar surface area (TPSA) is 47.7 Å². The zero-order valence-electron chi connectivity index (χ0n) is 12.0. The van der Waals surface area contributed by atoms with Crippen LogP contribution in [-0.4, -0.2) is 29.6 Å². The van der Waals surface area contributed by atoms with E-state index in [1.54, 1.807) is 29.6 Å². The molecule has 3 rings (SSSR count). The van der Waals surface area contributed by atoms with E-state index in [1.807, 2.05) is 42.5 Å². The molecule has 0 radical (unpaired) electrons. The molecule has 0 atom stereocenters. The molecule has 114 valence electrons. The molecule has 4 nitrogen and oxygen atoms in total. The van der Waals surface area contributed by atoms with Gasteiger partial charge in [-0.2, -0.15) is 0 Å². The van der Waals surface area contributed by atoms with E-state index < -0.39 is 0 Å². The first-order valence-electron chi connectivity index (χ1n) is 7.05. The number of nitrogens with zero attached hydrogens (tertiary/aromatic N) is 2. The predicted octanol–water partition coefficient (Wildman–Crippen LogP) is 4.83. The Hall–Kier alpha value is -1.50. The summed E-state index contributed by atoms with van der Waals surface area (Å²) in [7, 11) is 0. The summed E-state index contributed by atoms with van der Waals surface area (Å²) in [6.45, 7) is 1.37. The molecule has 22 heavy (non-hydrogen) atoms. The lowest BCUT2D eigenvalue weighted by atomic mass is 10.3. The van der Waals surface area contributed by atoms with E-state index >= 15 is 0 Å². The second kappa shape index (κ2) is 7.67. The van der Waals surface area contributed by atoms with E-state index in [1.165, 1.54) is 0 Å². The highest BCUT2D eigenvalue weighted by molar-refractivity contribution is 7.99. The molecule has 1 aliphatic heterocycles. The summed E-state index contributed by atoms with van der Waals surface area (Å²) in [6.07, 6.45) is 0. The fraction of sp³-hybridized carbons (Fsp3) is 0.250. The standard InChI is InChI=1S/C16H16N2O2S2/c19-18-14-6-2-4-8-16(14)22-12-10-20-9-11-21-15-7-3-1-5-13(15)17-18/h1-8H,9-12H2. The number of thioether (sulfide) groups is 2. The van der Waals surface area contributed by atoms with Crippen molar-refractivity contribution in [2.75, 3.05) is 24.7 Å². The van der Waals surface area contributed by atoms with E-state index in [2.05, 4.69) is 5.11 Å². The van der Waals surface area contributed by atoms with E-state index in [0.717, 1.165) is 26.2 Å². The lowest BCUT2D eigenvalue weighted by molar-refractivity contribution is -0.438. The van der Waals surface area contributed by atoms with Gasteiger partial charge in [0.05, 0.1) is 18.1 Å². The zero-order valence-corrected chi connectivity index (χ0v) is 13.6. The second-order valence-corrected chi connectivity index (χ2v) is 6.89. The van der Waals surface area contributed by atoms with Crippen molar-refractivity contribution < 1.29 is 9.60 Å². The highest BCUT2D eigenvalue weighted by Gasteiger charge is 2.14. The molecule has 0 amide bonds. The largest absolute Gasteiger partial charge is 0.594 e. The summed E-state index contributed by atoms with van der Waals surface area (Å²) in [6, 6.07) is 15.2. The van der Waals surface area contributed by atoms with Gasteiger partial charge in [-0.05, 0) is 23.1 Å². The quantitative estimate of drug-likeness (QED) is 0.512. The highest BCUT2D eigenvalue weighted by atomic mass is 32.2. The number of rotatable bonds is 0. The predicted molar refractivity (Wildman–Crippen MR) is 90.5 cm³/mol. The first kappa shape index (κ1) is 15.4. The Morgan fingerprint density at radius 3 is 2.36 bits per heavy atom. The van der Waals surface area contributed by atoms with Gasteiger partial charge in [0.25, 0.3) is 5.69 Å². The van der Waals surface area contributed by atoms with Gasteiger partial charge in [-0.3, -0.25) is 0 Å². The van der Waals surface area contributed by atoms with Gasteiger partial charge in [0.2, 0.25) is 0 Å². The number of fused-ring (bicyclic) bond motifs is 2. The van der Waals surface area contributed by atoms with Gasteiger partial charge in [-0.25, -0.2) is 0 Å². The summed E-state index contributed by atoms with van der Waals surface area (Å²) in [4.78, 5) is 2.64. The van der Waals surface area contributed by atoms with Gasteiger partial charge in [-0.1, -0.05) is 24.3 Å². The molecule has 0 saturated carbocycles. The molecule has 0 aliphatic carbocycles. The van der Waals surface area contributed by atoms with Gasteiger partial charge in [0.1, 0.15) is 5.69 Å². The molecule has 1 aliphatic rings. The third-order valence-corrected chi connectivity index (χ3v) is 5.16. The Morgan fingerprint density at radius 1 is 0.909 bits per heavy atom. The van der Waals surface area contributed by atoms with Gasteiger partial charge >= 0.3 is 0 Å². The third-order valence-electron chi connectivity index (χ3n) is 3.11. The van der Waals surface area contributed by atoms with Gasteiger partial charge in [0.15, 0.2) is 0 Å². The first-order valence-corrected chi connectivity index (χ1v) is 9.02. The van der Waals surface area contributed by atoms with Crippen molar-refractivity contribution in [3.63, 3.8) is 0 Å². The Kier molecular flexibility index (Phi) is 5.37. The van der Waals surface area contributed by atoms with E-state index in [0.29, 0.717) is 24.6 Å². The minimum Gasteiger partial charge on any atom is -0.594 e. The minimum atomic E-state index is 0.576. The van der Waals surface area contributed by atoms with Gasteiger partial charge in [0, 0.05) is 27.6 Å². The highest BCUT2D eigenvalue weighted by Crippen LogP contribution is 2.33. The normalized spacial score (nSPS) is 16.3. The van der Waals surface area contributed by atoms with Crippen LogP contribution in [0.1, 0.15) is 0 Å². The van der Waals surface area contributed by atoms with Crippen molar-refractivity contribution in [3.05, 3.63) is 53.7 Å². The van der Waals surface area contributed by atoms with Crippen LogP contribution < -0.4 is 0 Å². The second-order valence-electron chi connectivity index (χ2n) is 4.62. The summed E-state index contributed by atoms with van der Waals surface area (Å²) >= 11 is 3.28. The molecule has 0 bridgehead atoms. The molecular formula is C16H16N2O2S2. The van der Waals surface area contributed by atoms with Crippen LogP contribution in [0.3, 0.4) is 0 Å². The molecule has 0 spiro atoms. The molecule has 0 aromatic heterocycles. The Labute approximate surface area is 138 Å². The van der Waals surface area contributed by atoms with Crippen molar-refractivity contribution in [2.24, 2.45) is 5.11 Å². The number of benzene rings is 2. The van der Waals surface area contributed by atoms with Crippen molar-refractivity contribution in [1.82, 2.24) is 0 Å². The number of azo groups is 1. The average Bonchev–Trinajstić information content (AvgIpc) is 2.56. The van der Waals surface area contributed by atoms with Crippen LogP contribution >= 0.6 is 23.5 Å². The zero-order chi connectivity index (χ0) is 15.2. The lowest BCUT2D eigenvalue weighted by Crippen LogP contribution is -2.01. The van der Waals surface area contributed by atoms with Crippen molar-refractivity contribution in [2.45, 2.75) is 9.79 Å². The first-order chi connectivity index (χ1) is 10.8. The van der Waals surface area contributed by atoms with Crippen molar-refractivity contribution >= 4 is 34.9 Å². The third kappa shape index (κ3) is 3.82. The molecule has 0 N–H and O–H groups in total. The summed E-state index contributed by atoms with van der Waals surface area (Å²) < 4.78 is 5.64. The number of para-hydroxylation sites is 1.